The first-order chi connectivity index (χ1) is 19.3. The average Bonchev–Trinajstić information content (AvgIpc) is 3.27. The molecular formula is C32H36N2O5S. The number of cyclic esters (lactones) is 1. The van der Waals surface area contributed by atoms with Crippen LogP contribution in [0.1, 0.15) is 33.6 Å². The van der Waals surface area contributed by atoms with E-state index < -0.39 is 39.4 Å². The number of esters is 1. The summed E-state index contributed by atoms with van der Waals surface area (Å²) >= 11 is 1.53. The number of amides is 2. The Kier molecular flexibility index (Phi) is 6.82. The topological polar surface area (TPSA) is 87.2 Å². The first-order valence-electron chi connectivity index (χ1n) is 14.2. The molecule has 210 valence electrons. The molecule has 4 heterocycles. The lowest BCUT2D eigenvalue weighted by atomic mass is 9.74. The fourth-order valence-electron chi connectivity index (χ4n) is 7.18. The van der Waals surface area contributed by atoms with E-state index in [0.717, 1.165) is 22.9 Å². The van der Waals surface area contributed by atoms with Crippen LogP contribution >= 0.6 is 11.8 Å². The second-order valence-corrected chi connectivity index (χ2v) is 13.4. The lowest BCUT2D eigenvalue weighted by Crippen LogP contribution is -2.58. The van der Waals surface area contributed by atoms with Crippen LogP contribution in [0.25, 0.3) is 10.8 Å². The van der Waals surface area contributed by atoms with Gasteiger partial charge in [0.1, 0.15) is 6.04 Å². The van der Waals surface area contributed by atoms with Gasteiger partial charge in [-0.25, -0.2) is 0 Å². The second kappa shape index (κ2) is 10.1. The molecule has 1 N–H and O–H groups in total. The molecule has 2 saturated heterocycles. The van der Waals surface area contributed by atoms with Gasteiger partial charge in [-0.3, -0.25) is 14.4 Å². The first-order valence-corrected chi connectivity index (χ1v) is 15.0. The summed E-state index contributed by atoms with van der Waals surface area (Å²) < 4.78 is 3.94. The summed E-state index contributed by atoms with van der Waals surface area (Å²) in [6.07, 6.45) is 9.37. The molecular weight excluding hydrogens is 524 g/mol. The van der Waals surface area contributed by atoms with Crippen molar-refractivity contribution in [2.45, 2.75) is 55.2 Å². The van der Waals surface area contributed by atoms with Crippen LogP contribution in [-0.2, 0) is 19.1 Å². The number of rotatable bonds is 5. The minimum atomic E-state index is -0.978. The summed E-state index contributed by atoms with van der Waals surface area (Å²) in [5.41, 5.74) is 0.755. The Morgan fingerprint density at radius 1 is 1.05 bits per heavy atom. The average molecular weight is 561 g/mol. The van der Waals surface area contributed by atoms with E-state index in [1.54, 1.807) is 9.80 Å². The maximum atomic E-state index is 14.8. The van der Waals surface area contributed by atoms with E-state index in [0.29, 0.717) is 13.0 Å². The molecule has 7 nitrogen and oxygen atoms in total. The largest absolute Gasteiger partial charge is 0.465 e. The third-order valence-electron chi connectivity index (χ3n) is 9.35. The number of fused-ring (bicyclic) bond motifs is 3. The van der Waals surface area contributed by atoms with Crippen molar-refractivity contribution in [2.24, 2.45) is 17.8 Å². The standard InChI is InChI=1S/C32H36N2O5S/c1-4-20(2)24(19-35)34-27-29(37)33(23-13-12-21-10-5-6-11-22(21)18-23)16-9-15-32(27)25(28(34)36)26-30(38)39-17-8-7-14-31(26,3)40-32/h5-7,9-15,18,20,24-27,35H,4,8,16-17,19H2,1-3H3/t20-,24-,25-,26+,27?,31-,32-/m0/s1. The van der Waals surface area contributed by atoms with Crippen LogP contribution in [0.4, 0.5) is 5.69 Å². The molecule has 4 aliphatic heterocycles. The second-order valence-electron chi connectivity index (χ2n) is 11.6. The van der Waals surface area contributed by atoms with Crippen LogP contribution in [0.15, 0.2) is 66.8 Å². The number of thioether (sulfide) groups is 1. The Bertz CT molecular complexity index is 1420. The van der Waals surface area contributed by atoms with Crippen LogP contribution in [0.2, 0.25) is 0 Å². The van der Waals surface area contributed by atoms with Crippen LogP contribution in [-0.4, -0.2) is 69.1 Å². The third kappa shape index (κ3) is 3.94. The number of carbonyl (C=O) groups is 3. The van der Waals surface area contributed by atoms with Gasteiger partial charge >= 0.3 is 5.97 Å². The highest BCUT2D eigenvalue weighted by Crippen LogP contribution is 2.65. The quantitative estimate of drug-likeness (QED) is 0.433. The number of anilines is 1. The molecule has 0 bridgehead atoms. The van der Waals surface area contributed by atoms with Crippen molar-refractivity contribution in [3.63, 3.8) is 0 Å². The number of aliphatic hydroxyl groups excluding tert-OH is 1. The summed E-state index contributed by atoms with van der Waals surface area (Å²) in [5, 5.41) is 12.7. The molecule has 2 aromatic carbocycles. The number of hydrogen-bond acceptors (Lipinski definition) is 6. The van der Waals surface area contributed by atoms with Gasteiger partial charge in [0.2, 0.25) is 5.91 Å². The number of hydrogen-bond donors (Lipinski definition) is 1. The number of likely N-dealkylation sites (tertiary alicyclic amines) is 1. The van der Waals surface area contributed by atoms with E-state index in [1.165, 1.54) is 11.8 Å². The number of carbonyl (C=O) groups excluding carboxylic acids is 3. The molecule has 6 rings (SSSR count). The molecule has 4 aliphatic rings. The normalized spacial score (nSPS) is 33.1. The van der Waals surface area contributed by atoms with E-state index in [-0.39, 0.29) is 30.9 Å². The molecule has 7 atom stereocenters. The minimum absolute atomic E-state index is 0.0421. The summed E-state index contributed by atoms with van der Waals surface area (Å²) in [6, 6.07) is 12.5. The van der Waals surface area contributed by atoms with Crippen molar-refractivity contribution in [2.75, 3.05) is 24.7 Å². The molecule has 0 aliphatic carbocycles. The number of aliphatic hydroxyl groups is 1. The van der Waals surface area contributed by atoms with Crippen molar-refractivity contribution in [3.05, 3.63) is 66.8 Å². The Labute approximate surface area is 239 Å². The number of nitrogens with zero attached hydrogens (tertiary/aromatic N) is 2. The highest BCUT2D eigenvalue weighted by molar-refractivity contribution is 8.02. The third-order valence-corrected chi connectivity index (χ3v) is 11.1. The molecule has 0 saturated carbocycles. The molecule has 1 unspecified atom stereocenters. The first kappa shape index (κ1) is 27.1. The summed E-state index contributed by atoms with van der Waals surface area (Å²) in [7, 11) is 0. The molecule has 2 amide bonds. The van der Waals surface area contributed by atoms with E-state index >= 15 is 0 Å². The van der Waals surface area contributed by atoms with Gasteiger partial charge < -0.3 is 19.6 Å². The predicted octanol–water partition coefficient (Wildman–Crippen LogP) is 4.34. The van der Waals surface area contributed by atoms with Crippen LogP contribution in [0, 0.1) is 17.8 Å². The lowest BCUT2D eigenvalue weighted by Gasteiger charge is -2.41. The maximum Gasteiger partial charge on any atom is 0.311 e. The molecule has 1 spiro atoms. The zero-order valence-electron chi connectivity index (χ0n) is 23.2. The SMILES string of the molecule is CC[C@H](C)[C@H](CO)N1C(=O)[C@@H]2[C@@H]3C(=O)OCCC=C[C@]3(C)S[C@@]23C=CCN(c2ccc4ccccc4c2)C(=O)C13. The van der Waals surface area contributed by atoms with Crippen LogP contribution in [0.3, 0.4) is 0 Å². The van der Waals surface area contributed by atoms with Crippen molar-refractivity contribution in [1.29, 1.82) is 0 Å². The highest BCUT2D eigenvalue weighted by atomic mass is 32.2. The van der Waals surface area contributed by atoms with Gasteiger partial charge in [-0.2, -0.15) is 0 Å². The Morgan fingerprint density at radius 2 is 1.82 bits per heavy atom. The van der Waals surface area contributed by atoms with Gasteiger partial charge in [0.25, 0.3) is 5.91 Å². The molecule has 0 radical (unpaired) electrons. The zero-order chi connectivity index (χ0) is 28.2. The Hall–Kier alpha value is -3.10. The van der Waals surface area contributed by atoms with Crippen molar-refractivity contribution < 1.29 is 24.2 Å². The van der Waals surface area contributed by atoms with Crippen molar-refractivity contribution in [1.82, 2.24) is 4.90 Å². The van der Waals surface area contributed by atoms with Gasteiger partial charge in [-0.15, -0.1) is 11.8 Å². The number of benzene rings is 2. The fourth-order valence-corrected chi connectivity index (χ4v) is 9.31. The van der Waals surface area contributed by atoms with Crippen LogP contribution in [0.5, 0.6) is 0 Å². The Balaban J connectivity index is 1.52. The highest BCUT2D eigenvalue weighted by Gasteiger charge is 2.74. The van der Waals surface area contributed by atoms with Crippen molar-refractivity contribution >= 4 is 46.0 Å². The van der Waals surface area contributed by atoms with Gasteiger partial charge in [0, 0.05) is 17.0 Å². The smallest absolute Gasteiger partial charge is 0.311 e. The van der Waals surface area contributed by atoms with Crippen molar-refractivity contribution in [3.8, 4) is 0 Å². The van der Waals surface area contributed by atoms with Gasteiger partial charge in [0.15, 0.2) is 0 Å². The molecule has 2 fully saturated rings. The predicted molar refractivity (Wildman–Crippen MR) is 157 cm³/mol. The molecule has 2 aromatic rings. The fraction of sp³-hybridized carbons (Fsp3) is 0.469. The molecule has 40 heavy (non-hydrogen) atoms. The summed E-state index contributed by atoms with van der Waals surface area (Å²) in [6.45, 7) is 6.35. The van der Waals surface area contributed by atoms with E-state index in [2.05, 4.69) is 0 Å². The Morgan fingerprint density at radius 3 is 2.58 bits per heavy atom. The van der Waals surface area contributed by atoms with Gasteiger partial charge in [-0.05, 0) is 42.2 Å². The molecule has 0 aromatic heterocycles. The maximum absolute atomic E-state index is 14.8. The van der Waals surface area contributed by atoms with E-state index in [4.69, 9.17) is 4.74 Å². The summed E-state index contributed by atoms with van der Waals surface area (Å²) in [5.74, 6) is -2.40. The van der Waals surface area contributed by atoms with Crippen LogP contribution < -0.4 is 4.90 Å². The minimum Gasteiger partial charge on any atom is -0.465 e. The molecule has 8 heteroatoms. The monoisotopic (exact) mass is 560 g/mol. The van der Waals surface area contributed by atoms with Gasteiger partial charge in [-0.1, -0.05) is 74.9 Å². The van der Waals surface area contributed by atoms with Gasteiger partial charge in [0.05, 0.1) is 35.8 Å². The van der Waals surface area contributed by atoms with E-state index in [1.807, 2.05) is 87.5 Å². The summed E-state index contributed by atoms with van der Waals surface area (Å²) in [4.78, 5) is 46.2. The lowest BCUT2D eigenvalue weighted by molar-refractivity contribution is -0.155. The number of ether oxygens (including phenoxy) is 1. The zero-order valence-corrected chi connectivity index (χ0v) is 24.0. The van der Waals surface area contributed by atoms with E-state index in [9.17, 15) is 19.5 Å².